The van der Waals surface area contributed by atoms with Gasteiger partial charge in [0, 0.05) is 0 Å². The van der Waals surface area contributed by atoms with E-state index in [2.05, 4.69) is 24.4 Å². The fraction of sp³-hybridized carbons (Fsp3) is 0.348. The second-order valence-electron chi connectivity index (χ2n) is 7.37. The molecule has 0 saturated heterocycles. The molecule has 8 nitrogen and oxygen atoms in total. The van der Waals surface area contributed by atoms with Crippen molar-refractivity contribution in [2.75, 3.05) is 31.3 Å². The lowest BCUT2D eigenvalue weighted by Crippen LogP contribution is -2.44. The first kappa shape index (κ1) is 22.1. The summed E-state index contributed by atoms with van der Waals surface area (Å²) in [5.74, 6) is 1.56. The Kier molecular flexibility index (Phi) is 7.48. The molecule has 0 bridgehead atoms. The largest absolute Gasteiger partial charge is 0.490 e. The first-order chi connectivity index (χ1) is 15.0. The lowest BCUT2D eigenvalue weighted by molar-refractivity contribution is -0.125. The number of carbonyl (C=O) groups excluding carboxylic acids is 2. The molecule has 2 amide bonds. The Hall–Kier alpha value is -3.55. The molecule has 164 valence electrons. The van der Waals surface area contributed by atoms with Crippen LogP contribution in [0.3, 0.4) is 0 Å². The van der Waals surface area contributed by atoms with E-state index in [4.69, 9.17) is 14.2 Å². The predicted octanol–water partition coefficient (Wildman–Crippen LogP) is 3.00. The van der Waals surface area contributed by atoms with E-state index in [0.717, 1.165) is 5.56 Å². The molecule has 1 N–H and O–H groups in total. The highest BCUT2D eigenvalue weighted by atomic mass is 16.5. The number of hydrogen-bond donors (Lipinski definition) is 1. The van der Waals surface area contributed by atoms with E-state index in [1.807, 2.05) is 25.1 Å². The van der Waals surface area contributed by atoms with Gasteiger partial charge in [-0.3, -0.25) is 14.5 Å². The number of anilines is 1. The highest BCUT2D eigenvalue weighted by molar-refractivity contribution is 6.02. The maximum Gasteiger partial charge on any atom is 0.265 e. The molecule has 1 aliphatic heterocycles. The standard InChI is InChI=1S/C23H27N3O5/c1-4-29-21-11-17(9-10-20(21)30-14-16(2)3)12-24-25-22(27)13-26-18-7-5-6-8-19(18)31-15-23(26)28/h5-12,16H,4,13-15H2,1-3H3,(H,25,27)/b24-12-. The molecule has 1 aliphatic rings. The summed E-state index contributed by atoms with van der Waals surface area (Å²) >= 11 is 0. The topological polar surface area (TPSA) is 89.5 Å². The highest BCUT2D eigenvalue weighted by Crippen LogP contribution is 2.31. The average Bonchev–Trinajstić information content (AvgIpc) is 2.75. The first-order valence-corrected chi connectivity index (χ1v) is 10.2. The smallest absolute Gasteiger partial charge is 0.265 e. The zero-order valence-corrected chi connectivity index (χ0v) is 18.0. The quantitative estimate of drug-likeness (QED) is 0.493. The number of fused-ring (bicyclic) bond motifs is 1. The third-order valence-corrected chi connectivity index (χ3v) is 4.35. The van der Waals surface area contributed by atoms with Crippen LogP contribution in [-0.2, 0) is 9.59 Å². The van der Waals surface area contributed by atoms with E-state index in [-0.39, 0.29) is 19.1 Å². The molecular formula is C23H27N3O5. The minimum atomic E-state index is -0.414. The second-order valence-corrected chi connectivity index (χ2v) is 7.37. The Morgan fingerprint density at radius 2 is 2.03 bits per heavy atom. The fourth-order valence-electron chi connectivity index (χ4n) is 2.93. The number of nitrogens with one attached hydrogen (secondary N) is 1. The summed E-state index contributed by atoms with van der Waals surface area (Å²) in [7, 11) is 0. The van der Waals surface area contributed by atoms with Crippen molar-refractivity contribution in [2.24, 2.45) is 11.0 Å². The minimum Gasteiger partial charge on any atom is -0.490 e. The Morgan fingerprint density at radius 1 is 1.23 bits per heavy atom. The molecule has 0 spiro atoms. The number of rotatable bonds is 9. The van der Waals surface area contributed by atoms with Gasteiger partial charge in [-0.15, -0.1) is 0 Å². The van der Waals surface area contributed by atoms with E-state index in [1.165, 1.54) is 11.1 Å². The maximum atomic E-state index is 12.3. The molecule has 8 heteroatoms. The van der Waals surface area contributed by atoms with Gasteiger partial charge in [0.15, 0.2) is 18.1 Å². The number of ether oxygens (including phenoxy) is 3. The molecule has 1 heterocycles. The monoisotopic (exact) mass is 425 g/mol. The van der Waals surface area contributed by atoms with Crippen molar-refractivity contribution >= 4 is 23.7 Å². The Morgan fingerprint density at radius 3 is 2.81 bits per heavy atom. The molecule has 0 unspecified atom stereocenters. The summed E-state index contributed by atoms with van der Waals surface area (Å²) in [6, 6.07) is 12.5. The van der Waals surface area contributed by atoms with E-state index in [9.17, 15) is 9.59 Å². The van der Waals surface area contributed by atoms with Crippen LogP contribution in [0.5, 0.6) is 17.2 Å². The van der Waals surface area contributed by atoms with Crippen LogP contribution in [0.4, 0.5) is 5.69 Å². The molecule has 31 heavy (non-hydrogen) atoms. The van der Waals surface area contributed by atoms with Gasteiger partial charge in [-0.1, -0.05) is 26.0 Å². The van der Waals surface area contributed by atoms with Gasteiger partial charge in [0.1, 0.15) is 12.3 Å². The predicted molar refractivity (Wildman–Crippen MR) is 118 cm³/mol. The molecular weight excluding hydrogens is 398 g/mol. The number of para-hydroxylation sites is 2. The second kappa shape index (κ2) is 10.5. The van der Waals surface area contributed by atoms with Crippen molar-refractivity contribution in [3.05, 3.63) is 48.0 Å². The molecule has 2 aromatic rings. The number of carbonyl (C=O) groups is 2. The zero-order valence-electron chi connectivity index (χ0n) is 18.0. The van der Waals surface area contributed by atoms with Crippen molar-refractivity contribution in [2.45, 2.75) is 20.8 Å². The number of hydrazone groups is 1. The third kappa shape index (κ3) is 5.97. The summed E-state index contributed by atoms with van der Waals surface area (Å²) < 4.78 is 16.8. The van der Waals surface area contributed by atoms with Crippen molar-refractivity contribution in [1.82, 2.24) is 5.43 Å². The molecule has 0 atom stereocenters. The molecule has 3 rings (SSSR count). The van der Waals surface area contributed by atoms with Crippen LogP contribution in [0.15, 0.2) is 47.6 Å². The lowest BCUT2D eigenvalue weighted by Gasteiger charge is -2.28. The molecule has 2 aromatic carbocycles. The zero-order chi connectivity index (χ0) is 22.2. The Bertz CT molecular complexity index is 958. The van der Waals surface area contributed by atoms with Gasteiger partial charge < -0.3 is 14.2 Å². The van der Waals surface area contributed by atoms with Crippen molar-refractivity contribution in [1.29, 1.82) is 0 Å². The Balaban J connectivity index is 1.62. The van der Waals surface area contributed by atoms with E-state index in [1.54, 1.807) is 24.3 Å². The normalized spacial score (nSPS) is 13.2. The van der Waals surface area contributed by atoms with Gasteiger partial charge in [-0.05, 0) is 48.7 Å². The molecule has 0 fully saturated rings. The van der Waals surface area contributed by atoms with Crippen LogP contribution >= 0.6 is 0 Å². The SMILES string of the molecule is CCOc1cc(/C=N\NC(=O)CN2C(=O)COc3ccccc32)ccc1OCC(C)C. The molecule has 0 saturated carbocycles. The van der Waals surface area contributed by atoms with Gasteiger partial charge in [-0.2, -0.15) is 5.10 Å². The van der Waals surface area contributed by atoms with Crippen molar-refractivity contribution in [3.8, 4) is 17.2 Å². The third-order valence-electron chi connectivity index (χ3n) is 4.35. The summed E-state index contributed by atoms with van der Waals surface area (Å²) in [5, 5.41) is 4.00. The van der Waals surface area contributed by atoms with Crippen LogP contribution in [0.25, 0.3) is 0 Å². The molecule has 0 aromatic heterocycles. The summed E-state index contributed by atoms with van der Waals surface area (Å²) in [6.07, 6.45) is 1.52. The van der Waals surface area contributed by atoms with Crippen LogP contribution < -0.4 is 24.5 Å². The Labute approximate surface area is 181 Å². The maximum absolute atomic E-state index is 12.3. The highest BCUT2D eigenvalue weighted by Gasteiger charge is 2.26. The fourth-order valence-corrected chi connectivity index (χ4v) is 2.93. The van der Waals surface area contributed by atoms with E-state index >= 15 is 0 Å². The number of benzene rings is 2. The first-order valence-electron chi connectivity index (χ1n) is 10.2. The minimum absolute atomic E-state index is 0.0982. The van der Waals surface area contributed by atoms with Crippen LogP contribution in [0.2, 0.25) is 0 Å². The van der Waals surface area contributed by atoms with Gasteiger partial charge >= 0.3 is 0 Å². The van der Waals surface area contributed by atoms with Crippen LogP contribution in [0.1, 0.15) is 26.3 Å². The lowest BCUT2D eigenvalue weighted by atomic mass is 10.2. The van der Waals surface area contributed by atoms with E-state index < -0.39 is 5.91 Å². The van der Waals surface area contributed by atoms with Crippen LogP contribution in [-0.4, -0.2) is 44.4 Å². The van der Waals surface area contributed by atoms with Gasteiger partial charge in [0.05, 0.1) is 25.1 Å². The van der Waals surface area contributed by atoms with E-state index in [0.29, 0.717) is 42.1 Å². The average molecular weight is 425 g/mol. The molecule has 0 radical (unpaired) electrons. The number of nitrogens with zero attached hydrogens (tertiary/aromatic N) is 2. The molecule has 0 aliphatic carbocycles. The number of amides is 2. The van der Waals surface area contributed by atoms with Crippen molar-refractivity contribution < 1.29 is 23.8 Å². The summed E-state index contributed by atoms with van der Waals surface area (Å²) in [6.45, 7) is 6.90. The number of hydrogen-bond acceptors (Lipinski definition) is 6. The summed E-state index contributed by atoms with van der Waals surface area (Å²) in [4.78, 5) is 25.9. The van der Waals surface area contributed by atoms with Gasteiger partial charge in [-0.25, -0.2) is 5.43 Å². The van der Waals surface area contributed by atoms with Crippen molar-refractivity contribution in [3.63, 3.8) is 0 Å². The van der Waals surface area contributed by atoms with Gasteiger partial charge in [0.25, 0.3) is 11.8 Å². The summed E-state index contributed by atoms with van der Waals surface area (Å²) in [5.41, 5.74) is 3.77. The van der Waals surface area contributed by atoms with Crippen LogP contribution in [0, 0.1) is 5.92 Å². The van der Waals surface area contributed by atoms with Gasteiger partial charge in [0.2, 0.25) is 0 Å².